The summed E-state index contributed by atoms with van der Waals surface area (Å²) in [5.74, 6) is 0. The molecule has 0 saturated heterocycles. The predicted octanol–water partition coefficient (Wildman–Crippen LogP) is 4.57. The second-order valence-electron chi connectivity index (χ2n) is 5.17. The highest BCUT2D eigenvalue weighted by molar-refractivity contribution is 5.80. The average Bonchev–Trinajstić information content (AvgIpc) is 2.91. The molecule has 2 aromatic carbocycles. The molecule has 0 radical (unpaired) electrons. The molecule has 1 atom stereocenters. The van der Waals surface area contributed by atoms with Gasteiger partial charge in [0.15, 0.2) is 0 Å². The molecule has 0 bridgehead atoms. The molecule has 1 heterocycles. The Morgan fingerprint density at radius 1 is 1.00 bits per heavy atom. The fraction of sp³-hybridized carbons (Fsp3) is 0.158. The van der Waals surface area contributed by atoms with E-state index in [1.807, 2.05) is 36.4 Å². The summed E-state index contributed by atoms with van der Waals surface area (Å²) in [7, 11) is 0. The van der Waals surface area contributed by atoms with Crippen LogP contribution in [-0.2, 0) is 10.3 Å². The highest BCUT2D eigenvalue weighted by atomic mass is 16.5. The standard InChI is InChI=1S/C19H18O/c1-15(16-9-5-3-6-10-16)18-13-14-20-19(18,2)17-11-7-4-8-12-17/h3-13H,1,14H2,2H3. The van der Waals surface area contributed by atoms with Crippen molar-refractivity contribution in [2.24, 2.45) is 0 Å². The van der Waals surface area contributed by atoms with E-state index in [4.69, 9.17) is 4.74 Å². The zero-order valence-electron chi connectivity index (χ0n) is 11.7. The molecule has 0 N–H and O–H groups in total. The molecule has 0 aliphatic carbocycles. The molecule has 100 valence electrons. The smallest absolute Gasteiger partial charge is 0.116 e. The van der Waals surface area contributed by atoms with E-state index in [1.165, 1.54) is 5.56 Å². The molecule has 2 aromatic rings. The molecule has 1 nitrogen and oxygen atoms in total. The molecule has 1 aliphatic heterocycles. The third kappa shape index (κ3) is 2.10. The van der Waals surface area contributed by atoms with Crippen LogP contribution in [0.3, 0.4) is 0 Å². The maximum atomic E-state index is 6.03. The van der Waals surface area contributed by atoms with Crippen LogP contribution in [0.5, 0.6) is 0 Å². The normalized spacial score (nSPS) is 21.6. The van der Waals surface area contributed by atoms with Crippen molar-refractivity contribution in [3.63, 3.8) is 0 Å². The van der Waals surface area contributed by atoms with Crippen LogP contribution in [-0.4, -0.2) is 6.61 Å². The van der Waals surface area contributed by atoms with E-state index in [9.17, 15) is 0 Å². The fourth-order valence-corrected chi connectivity index (χ4v) is 2.77. The minimum absolute atomic E-state index is 0.409. The van der Waals surface area contributed by atoms with Gasteiger partial charge in [-0.1, -0.05) is 73.3 Å². The molecule has 0 saturated carbocycles. The number of benzene rings is 2. The summed E-state index contributed by atoms with van der Waals surface area (Å²) in [6.45, 7) is 7.03. The van der Waals surface area contributed by atoms with E-state index < -0.39 is 5.60 Å². The predicted molar refractivity (Wildman–Crippen MR) is 83.3 cm³/mol. The zero-order chi connectivity index (χ0) is 14.0. The number of ether oxygens (including phenoxy) is 1. The van der Waals surface area contributed by atoms with E-state index in [1.54, 1.807) is 0 Å². The van der Waals surface area contributed by atoms with E-state index in [-0.39, 0.29) is 0 Å². The van der Waals surface area contributed by atoms with Crippen molar-refractivity contribution >= 4 is 5.57 Å². The van der Waals surface area contributed by atoms with Gasteiger partial charge in [0.2, 0.25) is 0 Å². The fourth-order valence-electron chi connectivity index (χ4n) is 2.77. The van der Waals surface area contributed by atoms with Crippen molar-refractivity contribution in [1.29, 1.82) is 0 Å². The van der Waals surface area contributed by atoms with Crippen LogP contribution in [0.25, 0.3) is 5.57 Å². The number of hydrogen-bond donors (Lipinski definition) is 0. The van der Waals surface area contributed by atoms with Crippen LogP contribution in [0.4, 0.5) is 0 Å². The van der Waals surface area contributed by atoms with Gasteiger partial charge in [-0.25, -0.2) is 0 Å². The van der Waals surface area contributed by atoms with Gasteiger partial charge in [-0.3, -0.25) is 0 Å². The van der Waals surface area contributed by atoms with Gasteiger partial charge in [-0.2, -0.15) is 0 Å². The van der Waals surface area contributed by atoms with Crippen molar-refractivity contribution in [1.82, 2.24) is 0 Å². The van der Waals surface area contributed by atoms with Crippen molar-refractivity contribution in [3.05, 3.63) is 90.0 Å². The van der Waals surface area contributed by atoms with Gasteiger partial charge in [-0.15, -0.1) is 0 Å². The molecule has 1 aliphatic rings. The Balaban J connectivity index is 1.99. The molecule has 0 aromatic heterocycles. The molecule has 1 heteroatoms. The first-order chi connectivity index (χ1) is 9.72. The van der Waals surface area contributed by atoms with Gasteiger partial charge in [-0.05, 0) is 29.2 Å². The van der Waals surface area contributed by atoms with Crippen molar-refractivity contribution in [2.75, 3.05) is 6.61 Å². The summed E-state index contributed by atoms with van der Waals surface area (Å²) >= 11 is 0. The van der Waals surface area contributed by atoms with Crippen molar-refractivity contribution in [2.45, 2.75) is 12.5 Å². The maximum Gasteiger partial charge on any atom is 0.116 e. The lowest BCUT2D eigenvalue weighted by molar-refractivity contribution is 0.0342. The third-order valence-electron chi connectivity index (χ3n) is 3.95. The van der Waals surface area contributed by atoms with Crippen molar-refractivity contribution in [3.8, 4) is 0 Å². The van der Waals surface area contributed by atoms with E-state index in [0.29, 0.717) is 6.61 Å². The molecule has 0 spiro atoms. The van der Waals surface area contributed by atoms with Crippen LogP contribution < -0.4 is 0 Å². The Morgan fingerprint density at radius 2 is 1.60 bits per heavy atom. The summed E-state index contributed by atoms with van der Waals surface area (Å²) in [5.41, 5.74) is 4.10. The van der Waals surface area contributed by atoms with Gasteiger partial charge >= 0.3 is 0 Å². The van der Waals surface area contributed by atoms with Gasteiger partial charge in [0, 0.05) is 0 Å². The van der Waals surface area contributed by atoms with Crippen LogP contribution >= 0.6 is 0 Å². The van der Waals surface area contributed by atoms with Gasteiger partial charge in [0.25, 0.3) is 0 Å². The highest BCUT2D eigenvalue weighted by Gasteiger charge is 2.36. The Hall–Kier alpha value is -2.12. The first kappa shape index (κ1) is 12.9. The first-order valence-electron chi connectivity index (χ1n) is 6.86. The van der Waals surface area contributed by atoms with Crippen LogP contribution in [0.2, 0.25) is 0 Å². The van der Waals surface area contributed by atoms with Gasteiger partial charge in [0.1, 0.15) is 5.60 Å². The minimum Gasteiger partial charge on any atom is -0.362 e. The second-order valence-corrected chi connectivity index (χ2v) is 5.17. The molecule has 20 heavy (non-hydrogen) atoms. The van der Waals surface area contributed by atoms with E-state index in [2.05, 4.69) is 43.8 Å². The molecule has 3 rings (SSSR count). The lowest BCUT2D eigenvalue weighted by Crippen LogP contribution is -2.24. The topological polar surface area (TPSA) is 9.23 Å². The van der Waals surface area contributed by atoms with Crippen molar-refractivity contribution < 1.29 is 4.74 Å². The summed E-state index contributed by atoms with van der Waals surface area (Å²) in [6.07, 6.45) is 2.14. The summed E-state index contributed by atoms with van der Waals surface area (Å²) < 4.78 is 6.03. The molecule has 0 amide bonds. The minimum atomic E-state index is -0.409. The monoisotopic (exact) mass is 262 g/mol. The molecular formula is C19H18O. The van der Waals surface area contributed by atoms with E-state index >= 15 is 0 Å². The van der Waals surface area contributed by atoms with Crippen LogP contribution in [0.15, 0.2) is 78.9 Å². The Kier molecular flexibility index (Phi) is 3.29. The first-order valence-corrected chi connectivity index (χ1v) is 6.86. The SMILES string of the molecule is C=C(C1=CCOC1(C)c1ccccc1)c1ccccc1. The second kappa shape index (κ2) is 5.10. The summed E-state index contributed by atoms with van der Waals surface area (Å²) in [6, 6.07) is 20.6. The van der Waals surface area contributed by atoms with Crippen LogP contribution in [0.1, 0.15) is 18.1 Å². The molecule has 0 fully saturated rings. The van der Waals surface area contributed by atoms with Gasteiger partial charge < -0.3 is 4.74 Å². The highest BCUT2D eigenvalue weighted by Crippen LogP contribution is 2.43. The zero-order valence-corrected chi connectivity index (χ0v) is 11.7. The maximum absolute atomic E-state index is 6.03. The Bertz CT molecular complexity index is 640. The summed E-state index contributed by atoms with van der Waals surface area (Å²) in [4.78, 5) is 0. The Morgan fingerprint density at radius 3 is 2.25 bits per heavy atom. The third-order valence-corrected chi connectivity index (χ3v) is 3.95. The summed E-state index contributed by atoms with van der Waals surface area (Å²) in [5, 5.41) is 0. The molecule has 1 unspecified atom stereocenters. The average molecular weight is 262 g/mol. The lowest BCUT2D eigenvalue weighted by atomic mass is 9.83. The van der Waals surface area contributed by atoms with E-state index in [0.717, 1.165) is 16.7 Å². The van der Waals surface area contributed by atoms with Crippen LogP contribution in [0, 0.1) is 0 Å². The Labute approximate surface area is 120 Å². The number of hydrogen-bond acceptors (Lipinski definition) is 1. The molecular weight excluding hydrogens is 244 g/mol. The largest absolute Gasteiger partial charge is 0.362 e. The van der Waals surface area contributed by atoms with Gasteiger partial charge in [0.05, 0.1) is 6.61 Å². The lowest BCUT2D eigenvalue weighted by Gasteiger charge is -2.29. The quantitative estimate of drug-likeness (QED) is 0.787. The number of rotatable bonds is 3.